The molecule has 16 nitrogen and oxygen atoms in total. The van der Waals surface area contributed by atoms with Gasteiger partial charge in [0, 0.05) is 18.8 Å². The predicted molar refractivity (Wildman–Crippen MR) is 340 cm³/mol. The lowest BCUT2D eigenvalue weighted by Gasteiger charge is -2.25. The molecule has 2 N–H and O–H groups in total. The van der Waals surface area contributed by atoms with Crippen LogP contribution in [0.25, 0.3) is 0 Å². The lowest BCUT2D eigenvalue weighted by atomic mass is 10.0. The Hall–Kier alpha value is -5.46. The Balaban J connectivity index is 1.75. The van der Waals surface area contributed by atoms with Gasteiger partial charge in [-0.3, -0.25) is 19.2 Å². The maximum atomic E-state index is 12.7. The molecule has 0 aliphatic rings. The van der Waals surface area contributed by atoms with Crippen LogP contribution in [0, 0.1) is 48.3 Å². The highest BCUT2D eigenvalue weighted by Crippen LogP contribution is 2.36. The lowest BCUT2D eigenvalue weighted by molar-refractivity contribution is -0.152. The summed E-state index contributed by atoms with van der Waals surface area (Å²) in [6, 6.07) is 9.90. The number of carbonyl (C=O) groups excluding carboxylic acids is 2. The first-order valence-corrected chi connectivity index (χ1v) is 33.3. The van der Waals surface area contributed by atoms with E-state index in [4.69, 9.17) is 23.7 Å². The van der Waals surface area contributed by atoms with Crippen molar-refractivity contribution in [3.63, 3.8) is 0 Å². The molecule has 2 atom stereocenters. The van der Waals surface area contributed by atoms with Gasteiger partial charge in [-0.15, -0.1) is 21.6 Å². The van der Waals surface area contributed by atoms with Crippen LogP contribution < -0.4 is 4.90 Å². The fourth-order valence-corrected chi connectivity index (χ4v) is 10.7. The van der Waals surface area contributed by atoms with Crippen LogP contribution in [0.1, 0.15) is 241 Å². The number of hydrogen-bond donors (Lipinski definition) is 2. The summed E-state index contributed by atoms with van der Waals surface area (Å²) >= 11 is 1.12. The fourth-order valence-electron chi connectivity index (χ4n) is 9.81. The Bertz CT molecular complexity index is 2290. The van der Waals surface area contributed by atoms with Crippen LogP contribution in [0.15, 0.2) is 52.7 Å². The van der Waals surface area contributed by atoms with Gasteiger partial charge in [0.25, 0.3) is 0 Å². The van der Waals surface area contributed by atoms with Crippen LogP contribution in [0.5, 0.6) is 0 Å². The van der Waals surface area contributed by atoms with Crippen molar-refractivity contribution >= 4 is 51.6 Å². The van der Waals surface area contributed by atoms with Crippen molar-refractivity contribution in [2.75, 3.05) is 70.8 Å². The molecule has 2 unspecified atom stereocenters. The first kappa shape index (κ1) is 75.6. The highest BCUT2D eigenvalue weighted by atomic mass is 32.1. The molecule has 0 aliphatic heterocycles. The van der Waals surface area contributed by atoms with E-state index in [-0.39, 0.29) is 71.9 Å². The first-order valence-electron chi connectivity index (χ1n) is 32.5. The molecule has 17 heteroatoms. The van der Waals surface area contributed by atoms with Crippen molar-refractivity contribution in [2.45, 2.75) is 233 Å². The number of nitrogens with zero attached hydrogens (tertiary/aromatic N) is 5. The number of aryl methyl sites for hydroxylation is 1. The van der Waals surface area contributed by atoms with Gasteiger partial charge >= 0.3 is 23.9 Å². The molecule has 476 valence electrons. The summed E-state index contributed by atoms with van der Waals surface area (Å²) in [5, 5.41) is 47.7. The summed E-state index contributed by atoms with van der Waals surface area (Å²) in [5.74, 6) is -4.93. The van der Waals surface area contributed by atoms with Crippen molar-refractivity contribution in [3.05, 3.63) is 64.1 Å². The van der Waals surface area contributed by atoms with Crippen LogP contribution in [-0.4, -0.2) is 100 Å². The summed E-state index contributed by atoms with van der Waals surface area (Å²) in [4.78, 5) is 51.5. The summed E-state index contributed by atoms with van der Waals surface area (Å²) < 4.78 is 28.1. The zero-order chi connectivity index (χ0) is 61.8. The highest BCUT2D eigenvalue weighted by molar-refractivity contribution is 7.16. The summed E-state index contributed by atoms with van der Waals surface area (Å²) in [5.41, 5.74) is 3.17. The Labute approximate surface area is 515 Å². The standard InChI is InChI=1S/C68H107N5O11S/c1-5-7-9-11-13-15-17-19-21-23-25-27-29-31-33-35-37-58(67(76)77)52-64(74)83-49-47-81-44-42-73(60-39-40-62(56(3)51-60)71-72-66-61(54-69)57(4)63(55-70)85-66)41-43-80-45-46-82-48-50-84-65(75)53-59(68(78)79)38-36-34-32-30-28-26-24-22-20-18-16-14-12-10-8-6-2/h33-36,39-40,51,58-59H,5-32,37-38,41-50,52-53H2,1-4H3,(H,76,77)(H,78,79)/b35-33+,36-34+,72-71+. The minimum absolute atomic E-state index is 0.00459. The van der Waals surface area contributed by atoms with Gasteiger partial charge in [0.05, 0.1) is 75.6 Å². The van der Waals surface area contributed by atoms with Crippen molar-refractivity contribution in [1.82, 2.24) is 0 Å². The van der Waals surface area contributed by atoms with Gasteiger partial charge < -0.3 is 38.8 Å². The summed E-state index contributed by atoms with van der Waals surface area (Å²) in [6.45, 7) is 10.4. The molecule has 0 spiro atoms. The van der Waals surface area contributed by atoms with E-state index in [0.29, 0.717) is 46.4 Å². The number of esters is 2. The molecule has 2 rings (SSSR count). The molecule has 1 aromatic heterocycles. The molecule has 1 aromatic carbocycles. The molecule has 85 heavy (non-hydrogen) atoms. The van der Waals surface area contributed by atoms with Gasteiger partial charge in [0.15, 0.2) is 5.00 Å². The molecule has 0 aliphatic carbocycles. The van der Waals surface area contributed by atoms with Gasteiger partial charge in [-0.2, -0.15) is 10.5 Å². The Kier molecular flexibility index (Phi) is 46.0. The molecule has 0 radical (unpaired) electrons. The van der Waals surface area contributed by atoms with Gasteiger partial charge in [0.1, 0.15) is 30.2 Å². The largest absolute Gasteiger partial charge is 0.481 e. The number of azo groups is 1. The van der Waals surface area contributed by atoms with Crippen molar-refractivity contribution in [1.29, 1.82) is 10.5 Å². The minimum atomic E-state index is -1.03. The van der Waals surface area contributed by atoms with Crippen LogP contribution >= 0.6 is 11.3 Å². The smallest absolute Gasteiger partial charge is 0.307 e. The lowest BCUT2D eigenvalue weighted by Crippen LogP contribution is -2.31. The van der Waals surface area contributed by atoms with E-state index in [2.05, 4.69) is 41.1 Å². The monoisotopic (exact) mass is 1200 g/mol. The minimum Gasteiger partial charge on any atom is -0.481 e. The number of aliphatic carboxylic acids is 2. The molecule has 0 amide bonds. The van der Waals surface area contributed by atoms with Gasteiger partial charge in [-0.25, -0.2) is 0 Å². The Morgan fingerprint density at radius 3 is 1.33 bits per heavy atom. The third-order valence-electron chi connectivity index (χ3n) is 15.1. The van der Waals surface area contributed by atoms with Crippen molar-refractivity contribution < 1.29 is 53.1 Å². The number of thiophene rings is 1. The number of benzene rings is 1. The van der Waals surface area contributed by atoms with E-state index >= 15 is 0 Å². The van der Waals surface area contributed by atoms with E-state index in [1.165, 1.54) is 154 Å². The number of anilines is 1. The third kappa shape index (κ3) is 38.3. The van der Waals surface area contributed by atoms with Gasteiger partial charge in [0.2, 0.25) is 0 Å². The van der Waals surface area contributed by atoms with Crippen LogP contribution in [0.4, 0.5) is 16.4 Å². The average molecular weight is 1200 g/mol. The maximum absolute atomic E-state index is 12.7. The fraction of sp³-hybridized carbons (Fsp3) is 0.706. The quantitative estimate of drug-likeness (QED) is 0.0272. The topological polar surface area (TPSA) is 230 Å². The molecule has 1 heterocycles. The van der Waals surface area contributed by atoms with Gasteiger partial charge in [-0.05, 0) is 81.7 Å². The van der Waals surface area contributed by atoms with Crippen LogP contribution in [-0.2, 0) is 42.9 Å². The first-order chi connectivity index (χ1) is 41.4. The molecule has 0 bridgehead atoms. The van der Waals surface area contributed by atoms with Crippen LogP contribution in [0.3, 0.4) is 0 Å². The summed E-state index contributed by atoms with van der Waals surface area (Å²) in [7, 11) is 0. The number of carboxylic acid groups (broad SMARTS) is 2. The van der Waals surface area contributed by atoms with Gasteiger partial charge in [-0.1, -0.05) is 192 Å². The number of carboxylic acids is 2. The summed E-state index contributed by atoms with van der Waals surface area (Å²) in [6.07, 6.45) is 43.4. The Morgan fingerprint density at radius 2 is 0.941 bits per heavy atom. The number of unbranched alkanes of at least 4 members (excludes halogenated alkanes) is 26. The van der Waals surface area contributed by atoms with Crippen molar-refractivity contribution in [3.8, 4) is 12.1 Å². The van der Waals surface area contributed by atoms with E-state index in [1.54, 1.807) is 6.92 Å². The number of rotatable bonds is 56. The number of ether oxygens (including phenoxy) is 5. The van der Waals surface area contributed by atoms with Crippen LogP contribution in [0.2, 0.25) is 0 Å². The highest BCUT2D eigenvalue weighted by Gasteiger charge is 2.22. The number of carbonyl (C=O) groups is 4. The van der Waals surface area contributed by atoms with Crippen molar-refractivity contribution in [2.24, 2.45) is 22.1 Å². The molecular formula is C68H107N5O11S. The molecule has 0 fully saturated rings. The normalized spacial score (nSPS) is 12.3. The second-order valence-electron chi connectivity index (χ2n) is 22.4. The molecular weight excluding hydrogens is 1090 g/mol. The zero-order valence-electron chi connectivity index (χ0n) is 52.6. The number of allylic oxidation sites excluding steroid dienone is 4. The zero-order valence-corrected chi connectivity index (χ0v) is 53.4. The second kappa shape index (κ2) is 51.7. The maximum Gasteiger partial charge on any atom is 0.307 e. The number of nitriles is 2. The molecule has 2 aromatic rings. The van der Waals surface area contributed by atoms with E-state index in [0.717, 1.165) is 48.3 Å². The molecule has 0 saturated heterocycles. The third-order valence-corrected chi connectivity index (χ3v) is 16.2. The van der Waals surface area contributed by atoms with E-state index in [9.17, 15) is 39.9 Å². The molecule has 0 saturated carbocycles. The Morgan fingerprint density at radius 1 is 0.541 bits per heavy atom. The van der Waals surface area contributed by atoms with E-state index in [1.807, 2.05) is 49.4 Å². The second-order valence-corrected chi connectivity index (χ2v) is 23.4. The average Bonchev–Trinajstić information content (AvgIpc) is 4.06. The van der Waals surface area contributed by atoms with E-state index < -0.39 is 35.7 Å². The predicted octanol–water partition coefficient (Wildman–Crippen LogP) is 17.5. The SMILES string of the molecule is CCCCCCCCCCCCCCC/C=C/CC(CC(=O)OCCOCCOCCN(CCOCCOC(=O)CC(C/C=C/CCCCCCCCCCCCCCC)C(=O)O)c1ccc(/N=N/c2sc(C#N)c(C)c2C#N)c(C)c1)C(=O)O. The number of hydrogen-bond acceptors (Lipinski definition) is 15.